The van der Waals surface area contributed by atoms with Crippen molar-refractivity contribution in [3.05, 3.63) is 46.8 Å². The van der Waals surface area contributed by atoms with Crippen LogP contribution in [-0.4, -0.2) is 16.4 Å². The lowest BCUT2D eigenvalue weighted by atomic mass is 9.93. The molecule has 3 rings (SSSR count). The molecule has 21 heavy (non-hydrogen) atoms. The molecule has 0 saturated heterocycles. The van der Waals surface area contributed by atoms with Gasteiger partial charge in [-0.2, -0.15) is 5.10 Å². The van der Waals surface area contributed by atoms with Gasteiger partial charge in [0.25, 0.3) is 0 Å². The highest BCUT2D eigenvalue weighted by molar-refractivity contribution is 5.38. The molecule has 1 aromatic heterocycles. The number of nitrogens with two attached hydrogens (primary N) is 1. The lowest BCUT2D eigenvalue weighted by molar-refractivity contribution is 0.256. The van der Waals surface area contributed by atoms with Gasteiger partial charge >= 0.3 is 0 Å². The topological polar surface area (TPSA) is 53.1 Å². The predicted molar refractivity (Wildman–Crippen MR) is 83.6 cm³/mol. The zero-order chi connectivity index (χ0) is 15.0. The first-order chi connectivity index (χ1) is 10.1. The van der Waals surface area contributed by atoms with Crippen molar-refractivity contribution in [3.8, 4) is 5.75 Å². The highest BCUT2D eigenvalue weighted by Gasteiger charge is 2.23. The second-order valence-corrected chi connectivity index (χ2v) is 5.93. The minimum absolute atomic E-state index is 0.0284. The Bertz CT molecular complexity index is 645. The molecule has 2 aromatic rings. The number of fused-ring (bicyclic) bond motifs is 1. The number of hydrogen-bond donors (Lipinski definition) is 1. The fourth-order valence-corrected chi connectivity index (χ4v) is 3.36. The van der Waals surface area contributed by atoms with Gasteiger partial charge < -0.3 is 10.5 Å². The summed E-state index contributed by atoms with van der Waals surface area (Å²) in [5.41, 5.74) is 10.8. The molecule has 0 spiro atoms. The summed E-state index contributed by atoms with van der Waals surface area (Å²) in [6.07, 6.45) is 1.03. The first kappa shape index (κ1) is 14.1. The van der Waals surface area contributed by atoms with Gasteiger partial charge in [-0.25, -0.2) is 0 Å². The fourth-order valence-electron chi connectivity index (χ4n) is 3.36. The Morgan fingerprint density at radius 1 is 1.38 bits per heavy atom. The number of rotatable bonds is 3. The predicted octanol–water partition coefficient (Wildman–Crippen LogP) is 3.09. The zero-order valence-corrected chi connectivity index (χ0v) is 13.0. The first-order valence-electron chi connectivity index (χ1n) is 7.59. The summed E-state index contributed by atoms with van der Waals surface area (Å²) in [5.74, 6) is 1.47. The molecule has 0 saturated carbocycles. The molecule has 1 aliphatic rings. The third-order valence-corrected chi connectivity index (χ3v) is 4.37. The summed E-state index contributed by atoms with van der Waals surface area (Å²) >= 11 is 0. The van der Waals surface area contributed by atoms with Crippen molar-refractivity contribution in [1.29, 1.82) is 0 Å². The smallest absolute Gasteiger partial charge is 0.122 e. The van der Waals surface area contributed by atoms with Gasteiger partial charge in [0.2, 0.25) is 0 Å². The van der Waals surface area contributed by atoms with Gasteiger partial charge in [-0.3, -0.25) is 4.68 Å². The van der Waals surface area contributed by atoms with Crippen LogP contribution in [0.4, 0.5) is 0 Å². The van der Waals surface area contributed by atoms with E-state index in [4.69, 9.17) is 15.6 Å². The summed E-state index contributed by atoms with van der Waals surface area (Å²) in [7, 11) is 0. The van der Waals surface area contributed by atoms with Crippen molar-refractivity contribution in [2.24, 2.45) is 5.73 Å². The highest BCUT2D eigenvalue weighted by atomic mass is 16.5. The monoisotopic (exact) mass is 285 g/mol. The molecule has 2 N–H and O–H groups in total. The van der Waals surface area contributed by atoms with Crippen LogP contribution >= 0.6 is 0 Å². The van der Waals surface area contributed by atoms with Crippen LogP contribution in [0.2, 0.25) is 0 Å². The van der Waals surface area contributed by atoms with Crippen LogP contribution in [0.1, 0.15) is 47.8 Å². The highest BCUT2D eigenvalue weighted by Crippen LogP contribution is 2.35. The van der Waals surface area contributed by atoms with E-state index in [0.717, 1.165) is 31.0 Å². The standard InChI is InChI=1S/C17H23N3O/c1-11(18)17-12(2)19-20(13(17)3)10-14-8-9-21-16-7-5-4-6-15(14)16/h4-7,11,14H,8-10,18H2,1-3H3. The fraction of sp³-hybridized carbons (Fsp3) is 0.471. The number of para-hydroxylation sites is 1. The van der Waals surface area contributed by atoms with E-state index in [-0.39, 0.29) is 6.04 Å². The Balaban J connectivity index is 1.90. The van der Waals surface area contributed by atoms with E-state index in [1.54, 1.807) is 0 Å². The van der Waals surface area contributed by atoms with Crippen molar-refractivity contribution < 1.29 is 4.74 Å². The van der Waals surface area contributed by atoms with Gasteiger partial charge in [0, 0.05) is 29.8 Å². The van der Waals surface area contributed by atoms with Crippen LogP contribution in [0, 0.1) is 13.8 Å². The normalized spacial score (nSPS) is 19.0. The quantitative estimate of drug-likeness (QED) is 0.943. The number of ether oxygens (including phenoxy) is 1. The molecule has 0 aliphatic carbocycles. The van der Waals surface area contributed by atoms with E-state index in [2.05, 4.69) is 29.8 Å². The minimum atomic E-state index is 0.0284. The second-order valence-electron chi connectivity index (χ2n) is 5.93. The molecular formula is C17H23N3O. The number of aryl methyl sites for hydroxylation is 1. The molecule has 0 fully saturated rings. The average molecular weight is 285 g/mol. The van der Waals surface area contributed by atoms with Gasteiger partial charge in [-0.1, -0.05) is 18.2 Å². The van der Waals surface area contributed by atoms with Crippen LogP contribution in [0.25, 0.3) is 0 Å². The molecule has 2 atom stereocenters. The number of aromatic nitrogens is 2. The molecule has 0 amide bonds. The van der Waals surface area contributed by atoms with Gasteiger partial charge in [-0.05, 0) is 38.8 Å². The van der Waals surface area contributed by atoms with E-state index in [9.17, 15) is 0 Å². The van der Waals surface area contributed by atoms with Crippen LogP contribution in [0.15, 0.2) is 24.3 Å². The third kappa shape index (κ3) is 2.56. The molecular weight excluding hydrogens is 262 g/mol. The number of benzene rings is 1. The summed E-state index contributed by atoms with van der Waals surface area (Å²) < 4.78 is 7.85. The summed E-state index contributed by atoms with van der Waals surface area (Å²) in [5, 5.41) is 4.69. The van der Waals surface area contributed by atoms with Gasteiger partial charge in [0.05, 0.1) is 12.3 Å². The van der Waals surface area contributed by atoms with E-state index < -0.39 is 0 Å². The van der Waals surface area contributed by atoms with Crippen LogP contribution in [0.5, 0.6) is 5.75 Å². The van der Waals surface area contributed by atoms with Crippen LogP contribution < -0.4 is 10.5 Å². The van der Waals surface area contributed by atoms with Gasteiger partial charge in [-0.15, -0.1) is 0 Å². The van der Waals surface area contributed by atoms with Crippen molar-refractivity contribution >= 4 is 0 Å². The second kappa shape index (κ2) is 5.53. The van der Waals surface area contributed by atoms with E-state index in [1.807, 2.05) is 19.9 Å². The molecule has 2 unspecified atom stereocenters. The van der Waals surface area contributed by atoms with Crippen LogP contribution in [-0.2, 0) is 6.54 Å². The molecule has 1 aromatic carbocycles. The summed E-state index contributed by atoms with van der Waals surface area (Å²) in [4.78, 5) is 0. The maximum Gasteiger partial charge on any atom is 0.122 e. The molecule has 0 radical (unpaired) electrons. The van der Waals surface area contributed by atoms with Gasteiger partial charge in [0.1, 0.15) is 5.75 Å². The molecule has 112 valence electrons. The lowest BCUT2D eigenvalue weighted by Crippen LogP contribution is -2.20. The molecule has 4 heteroatoms. The Kier molecular flexibility index (Phi) is 3.72. The van der Waals surface area contributed by atoms with Crippen molar-refractivity contribution in [2.75, 3.05) is 6.61 Å². The SMILES string of the molecule is Cc1nn(CC2CCOc3ccccc32)c(C)c1C(C)N. The number of hydrogen-bond acceptors (Lipinski definition) is 3. The van der Waals surface area contributed by atoms with Crippen molar-refractivity contribution in [3.63, 3.8) is 0 Å². The lowest BCUT2D eigenvalue weighted by Gasteiger charge is -2.26. The zero-order valence-electron chi connectivity index (χ0n) is 13.0. The maximum absolute atomic E-state index is 6.07. The Labute approximate surface area is 125 Å². The first-order valence-corrected chi connectivity index (χ1v) is 7.59. The molecule has 4 nitrogen and oxygen atoms in total. The largest absolute Gasteiger partial charge is 0.493 e. The van der Waals surface area contributed by atoms with Crippen LogP contribution in [0.3, 0.4) is 0 Å². The third-order valence-electron chi connectivity index (χ3n) is 4.37. The number of nitrogens with zero attached hydrogens (tertiary/aromatic N) is 2. The van der Waals surface area contributed by atoms with Gasteiger partial charge in [0.15, 0.2) is 0 Å². The molecule has 0 bridgehead atoms. The Morgan fingerprint density at radius 2 is 2.14 bits per heavy atom. The van der Waals surface area contributed by atoms with Crippen molar-refractivity contribution in [1.82, 2.24) is 9.78 Å². The Morgan fingerprint density at radius 3 is 2.86 bits per heavy atom. The van der Waals surface area contributed by atoms with E-state index in [1.165, 1.54) is 16.8 Å². The van der Waals surface area contributed by atoms with Crippen molar-refractivity contribution in [2.45, 2.75) is 45.7 Å². The summed E-state index contributed by atoms with van der Waals surface area (Å²) in [6, 6.07) is 8.35. The molecule has 1 aliphatic heterocycles. The maximum atomic E-state index is 6.07. The van der Waals surface area contributed by atoms with E-state index >= 15 is 0 Å². The average Bonchev–Trinajstić information content (AvgIpc) is 2.74. The molecule has 2 heterocycles. The summed E-state index contributed by atoms with van der Waals surface area (Å²) in [6.45, 7) is 7.84. The minimum Gasteiger partial charge on any atom is -0.493 e. The van der Waals surface area contributed by atoms with E-state index in [0.29, 0.717) is 5.92 Å². The Hall–Kier alpha value is -1.81.